The summed E-state index contributed by atoms with van der Waals surface area (Å²) in [6, 6.07) is 4.94. The van der Waals surface area contributed by atoms with E-state index in [9.17, 15) is 0 Å². The molecule has 0 saturated carbocycles. The van der Waals surface area contributed by atoms with Crippen LogP contribution >= 0.6 is 0 Å². The molecule has 3 heterocycles. The average molecular weight is 257 g/mol. The quantitative estimate of drug-likeness (QED) is 0.842. The summed E-state index contributed by atoms with van der Waals surface area (Å²) in [5.41, 5.74) is 2.55. The predicted molar refractivity (Wildman–Crippen MR) is 78.5 cm³/mol. The minimum Gasteiger partial charge on any atom is -0.303 e. The van der Waals surface area contributed by atoms with Crippen LogP contribution < -0.4 is 0 Å². The summed E-state index contributed by atoms with van der Waals surface area (Å²) in [7, 11) is 0. The molecule has 3 nitrogen and oxygen atoms in total. The lowest BCUT2D eigenvalue weighted by Crippen LogP contribution is -2.40. The number of nitrogens with zero attached hydrogens (tertiary/aromatic N) is 3. The second kappa shape index (κ2) is 5.33. The Morgan fingerprint density at radius 2 is 2.26 bits per heavy atom. The van der Waals surface area contributed by atoms with E-state index in [2.05, 4.69) is 46.5 Å². The number of fused-ring (bicyclic) bond motifs is 1. The van der Waals surface area contributed by atoms with Crippen LogP contribution in [-0.4, -0.2) is 33.4 Å². The van der Waals surface area contributed by atoms with Crippen LogP contribution in [0.15, 0.2) is 24.5 Å². The van der Waals surface area contributed by atoms with Crippen LogP contribution in [0.5, 0.6) is 0 Å². The summed E-state index contributed by atoms with van der Waals surface area (Å²) in [4.78, 5) is 7.27. The fourth-order valence-corrected chi connectivity index (χ4v) is 3.29. The second-order valence-electron chi connectivity index (χ2n) is 5.60. The zero-order chi connectivity index (χ0) is 13.2. The topological polar surface area (TPSA) is 20.5 Å². The molecule has 0 N–H and O–H groups in total. The summed E-state index contributed by atoms with van der Waals surface area (Å²) in [6.07, 6.45) is 9.27. The molecule has 2 aromatic heterocycles. The van der Waals surface area contributed by atoms with E-state index >= 15 is 0 Å². The summed E-state index contributed by atoms with van der Waals surface area (Å²) in [6.45, 7) is 6.84. The lowest BCUT2D eigenvalue weighted by Gasteiger charge is -2.34. The number of hydrogen-bond acceptors (Lipinski definition) is 2. The van der Waals surface area contributed by atoms with Gasteiger partial charge in [-0.2, -0.15) is 0 Å². The van der Waals surface area contributed by atoms with Gasteiger partial charge in [-0.05, 0) is 44.5 Å². The molecule has 0 spiro atoms. The highest BCUT2D eigenvalue weighted by Gasteiger charge is 2.22. The van der Waals surface area contributed by atoms with Gasteiger partial charge in [0.05, 0.1) is 11.7 Å². The molecular formula is C16H23N3. The zero-order valence-corrected chi connectivity index (χ0v) is 12.0. The Bertz CT molecular complexity index is 558. The molecule has 0 radical (unpaired) electrons. The average Bonchev–Trinajstić information content (AvgIpc) is 2.84. The maximum absolute atomic E-state index is 4.66. The van der Waals surface area contributed by atoms with Gasteiger partial charge < -0.3 is 9.30 Å². The van der Waals surface area contributed by atoms with Crippen molar-refractivity contribution >= 4 is 5.52 Å². The molecule has 102 valence electrons. The number of hydrogen-bond donors (Lipinski definition) is 0. The van der Waals surface area contributed by atoms with Gasteiger partial charge in [0, 0.05) is 18.7 Å². The predicted octanol–water partition coefficient (Wildman–Crippen LogP) is 3.06. The Labute approximate surface area is 115 Å². The molecule has 1 atom stereocenters. The summed E-state index contributed by atoms with van der Waals surface area (Å²) in [5, 5.41) is 0. The smallest absolute Gasteiger partial charge is 0.114 e. The fourth-order valence-electron chi connectivity index (χ4n) is 3.29. The third-order valence-electron chi connectivity index (χ3n) is 4.43. The van der Waals surface area contributed by atoms with Crippen LogP contribution in [0.25, 0.3) is 5.52 Å². The van der Waals surface area contributed by atoms with Gasteiger partial charge in [0.15, 0.2) is 0 Å². The first-order valence-electron chi connectivity index (χ1n) is 7.45. The molecule has 19 heavy (non-hydrogen) atoms. The minimum atomic E-state index is 0.671. The maximum Gasteiger partial charge on any atom is 0.114 e. The van der Waals surface area contributed by atoms with Gasteiger partial charge in [0.25, 0.3) is 0 Å². The van der Waals surface area contributed by atoms with Crippen molar-refractivity contribution in [3.63, 3.8) is 0 Å². The van der Waals surface area contributed by atoms with Gasteiger partial charge in [0.1, 0.15) is 5.82 Å². The zero-order valence-electron chi connectivity index (χ0n) is 12.0. The molecule has 1 aliphatic rings. The molecule has 1 unspecified atom stereocenters. The first-order valence-corrected chi connectivity index (χ1v) is 7.45. The Morgan fingerprint density at radius 1 is 1.37 bits per heavy atom. The second-order valence-corrected chi connectivity index (χ2v) is 5.60. The van der Waals surface area contributed by atoms with Crippen LogP contribution in [-0.2, 0) is 6.42 Å². The monoisotopic (exact) mass is 257 g/mol. The van der Waals surface area contributed by atoms with Crippen molar-refractivity contribution in [3.05, 3.63) is 35.9 Å². The van der Waals surface area contributed by atoms with E-state index in [4.69, 9.17) is 0 Å². The van der Waals surface area contributed by atoms with Crippen molar-refractivity contribution < 1.29 is 0 Å². The van der Waals surface area contributed by atoms with Crippen LogP contribution in [0.3, 0.4) is 0 Å². The molecule has 3 heteroatoms. The van der Waals surface area contributed by atoms with Gasteiger partial charge in [-0.15, -0.1) is 0 Å². The Balaban J connectivity index is 1.86. The molecule has 2 aromatic rings. The highest BCUT2D eigenvalue weighted by Crippen LogP contribution is 2.21. The van der Waals surface area contributed by atoms with Gasteiger partial charge in [-0.3, -0.25) is 0 Å². The number of imidazole rings is 1. The first-order chi connectivity index (χ1) is 9.29. The van der Waals surface area contributed by atoms with Crippen molar-refractivity contribution in [3.8, 4) is 0 Å². The lowest BCUT2D eigenvalue weighted by atomic mass is 9.99. The van der Waals surface area contributed by atoms with Gasteiger partial charge >= 0.3 is 0 Å². The molecular weight excluding hydrogens is 234 g/mol. The summed E-state index contributed by atoms with van der Waals surface area (Å²) < 4.78 is 2.26. The van der Waals surface area contributed by atoms with Crippen LogP contribution in [0.4, 0.5) is 0 Å². The molecule has 0 amide bonds. The fraction of sp³-hybridized carbons (Fsp3) is 0.562. The van der Waals surface area contributed by atoms with Crippen molar-refractivity contribution in [2.24, 2.45) is 0 Å². The normalized spacial score (nSPS) is 21.1. The number of rotatable bonds is 3. The highest BCUT2D eigenvalue weighted by molar-refractivity contribution is 5.53. The van der Waals surface area contributed by atoms with Crippen LogP contribution in [0.2, 0.25) is 0 Å². The van der Waals surface area contributed by atoms with E-state index in [1.807, 2.05) is 6.20 Å². The van der Waals surface area contributed by atoms with Crippen molar-refractivity contribution in [1.29, 1.82) is 0 Å². The van der Waals surface area contributed by atoms with Gasteiger partial charge in [0.2, 0.25) is 0 Å². The van der Waals surface area contributed by atoms with E-state index in [-0.39, 0.29) is 0 Å². The third kappa shape index (κ3) is 2.39. The molecule has 0 aliphatic carbocycles. The van der Waals surface area contributed by atoms with E-state index in [1.54, 1.807) is 0 Å². The number of pyridine rings is 1. The Kier molecular flexibility index (Phi) is 3.56. The SMILES string of the molecule is CCN1CCCCC1Cc1ncc2c(C)cccn12. The van der Waals surface area contributed by atoms with Crippen LogP contribution in [0.1, 0.15) is 37.6 Å². The van der Waals surface area contributed by atoms with Crippen molar-refractivity contribution in [2.45, 2.75) is 45.6 Å². The molecule has 1 aliphatic heterocycles. The maximum atomic E-state index is 4.66. The lowest BCUT2D eigenvalue weighted by molar-refractivity contribution is 0.153. The van der Waals surface area contributed by atoms with E-state index < -0.39 is 0 Å². The van der Waals surface area contributed by atoms with E-state index in [1.165, 1.54) is 42.7 Å². The Hall–Kier alpha value is -1.35. The van der Waals surface area contributed by atoms with Crippen LogP contribution in [0, 0.1) is 6.92 Å². The Morgan fingerprint density at radius 3 is 3.11 bits per heavy atom. The standard InChI is InChI=1S/C16H23N3/c1-3-18-9-5-4-8-14(18)11-16-17-12-15-13(2)7-6-10-19(15)16/h6-7,10,12,14H,3-5,8-9,11H2,1-2H3. The molecule has 3 rings (SSSR count). The van der Waals surface area contributed by atoms with Crippen molar-refractivity contribution in [2.75, 3.05) is 13.1 Å². The highest BCUT2D eigenvalue weighted by atomic mass is 15.2. The van der Waals surface area contributed by atoms with E-state index in [0.717, 1.165) is 13.0 Å². The molecule has 1 fully saturated rings. The molecule has 0 aromatic carbocycles. The number of aromatic nitrogens is 2. The summed E-state index contributed by atoms with van der Waals surface area (Å²) in [5.74, 6) is 1.21. The third-order valence-corrected chi connectivity index (χ3v) is 4.43. The number of piperidine rings is 1. The largest absolute Gasteiger partial charge is 0.303 e. The van der Waals surface area contributed by atoms with Gasteiger partial charge in [-0.1, -0.05) is 19.4 Å². The van der Waals surface area contributed by atoms with Crippen molar-refractivity contribution in [1.82, 2.24) is 14.3 Å². The summed E-state index contributed by atoms with van der Waals surface area (Å²) >= 11 is 0. The minimum absolute atomic E-state index is 0.671. The number of likely N-dealkylation sites (N-methyl/N-ethyl adjacent to an activating group) is 1. The van der Waals surface area contributed by atoms with Gasteiger partial charge in [-0.25, -0.2) is 4.98 Å². The van der Waals surface area contributed by atoms with E-state index in [0.29, 0.717) is 6.04 Å². The molecule has 1 saturated heterocycles. The number of likely N-dealkylation sites (tertiary alicyclic amines) is 1. The number of aryl methyl sites for hydroxylation is 1. The first kappa shape index (κ1) is 12.7. The molecule has 0 bridgehead atoms.